The molecular weight excluding hydrogens is 214 g/mol. The highest BCUT2D eigenvalue weighted by molar-refractivity contribution is 5.92. The normalized spacial score (nSPS) is 16.0. The van der Waals surface area contributed by atoms with E-state index in [1.54, 1.807) is 12.3 Å². The average molecular weight is 233 g/mol. The summed E-state index contributed by atoms with van der Waals surface area (Å²) in [6.07, 6.45) is 5.29. The van der Waals surface area contributed by atoms with Crippen molar-refractivity contribution in [1.82, 2.24) is 15.2 Å². The van der Waals surface area contributed by atoms with Crippen LogP contribution in [-0.4, -0.2) is 42.0 Å². The summed E-state index contributed by atoms with van der Waals surface area (Å²) in [5.41, 5.74) is 0.494. The van der Waals surface area contributed by atoms with Gasteiger partial charge in [-0.3, -0.25) is 9.78 Å². The van der Waals surface area contributed by atoms with E-state index in [-0.39, 0.29) is 5.91 Å². The Bertz CT molecular complexity index is 347. The number of aromatic nitrogens is 1. The molecule has 0 spiro atoms. The number of pyridine rings is 1. The summed E-state index contributed by atoms with van der Waals surface area (Å²) in [5, 5.41) is 2.89. The minimum Gasteiger partial charge on any atom is -0.351 e. The van der Waals surface area contributed by atoms with E-state index in [1.807, 2.05) is 12.1 Å². The summed E-state index contributed by atoms with van der Waals surface area (Å²) in [7, 11) is 0. The average Bonchev–Trinajstić information content (AvgIpc) is 2.88. The van der Waals surface area contributed by atoms with Gasteiger partial charge in [-0.25, -0.2) is 0 Å². The molecule has 1 aliphatic rings. The van der Waals surface area contributed by atoms with Crippen LogP contribution in [0.2, 0.25) is 0 Å². The van der Waals surface area contributed by atoms with Crippen molar-refractivity contribution in [2.45, 2.75) is 19.3 Å². The molecule has 1 amide bonds. The first-order valence-corrected chi connectivity index (χ1v) is 6.28. The third-order valence-corrected chi connectivity index (χ3v) is 3.03. The maximum atomic E-state index is 11.7. The molecule has 4 heteroatoms. The molecule has 1 aromatic heterocycles. The van der Waals surface area contributed by atoms with Crippen molar-refractivity contribution >= 4 is 5.91 Å². The van der Waals surface area contributed by atoms with Gasteiger partial charge in [0, 0.05) is 12.7 Å². The highest BCUT2D eigenvalue weighted by atomic mass is 16.1. The molecule has 0 saturated carbocycles. The predicted octanol–water partition coefficient (Wildman–Crippen LogP) is 1.30. The van der Waals surface area contributed by atoms with Crippen LogP contribution in [0.5, 0.6) is 0 Å². The summed E-state index contributed by atoms with van der Waals surface area (Å²) in [5.74, 6) is -0.0768. The molecule has 0 aliphatic carbocycles. The van der Waals surface area contributed by atoms with Gasteiger partial charge in [-0.15, -0.1) is 0 Å². The molecule has 1 aliphatic heterocycles. The van der Waals surface area contributed by atoms with Crippen molar-refractivity contribution < 1.29 is 4.79 Å². The maximum Gasteiger partial charge on any atom is 0.269 e. The van der Waals surface area contributed by atoms with E-state index in [0.29, 0.717) is 5.69 Å². The number of hydrogen-bond donors (Lipinski definition) is 1. The second-order valence-electron chi connectivity index (χ2n) is 4.37. The third kappa shape index (κ3) is 3.82. The first kappa shape index (κ1) is 12.0. The molecule has 1 N–H and O–H groups in total. The zero-order valence-corrected chi connectivity index (χ0v) is 10.1. The van der Waals surface area contributed by atoms with Crippen LogP contribution < -0.4 is 5.32 Å². The van der Waals surface area contributed by atoms with Gasteiger partial charge in [-0.1, -0.05) is 6.07 Å². The van der Waals surface area contributed by atoms with Gasteiger partial charge in [-0.2, -0.15) is 0 Å². The number of likely N-dealkylation sites (tertiary alicyclic amines) is 1. The summed E-state index contributed by atoms with van der Waals surface area (Å²) < 4.78 is 0. The standard InChI is InChI=1S/C13H19N3O/c17-13(12-6-1-2-7-14-12)15-8-5-11-16-9-3-4-10-16/h1-2,6-7H,3-5,8-11H2,(H,15,17). The predicted molar refractivity (Wildman–Crippen MR) is 66.9 cm³/mol. The minimum absolute atomic E-state index is 0.0768. The highest BCUT2D eigenvalue weighted by Gasteiger charge is 2.10. The molecule has 92 valence electrons. The lowest BCUT2D eigenvalue weighted by atomic mass is 10.3. The van der Waals surface area contributed by atoms with Crippen molar-refractivity contribution in [3.63, 3.8) is 0 Å². The van der Waals surface area contributed by atoms with E-state index >= 15 is 0 Å². The van der Waals surface area contributed by atoms with Crippen LogP contribution >= 0.6 is 0 Å². The molecule has 0 aromatic carbocycles. The first-order valence-electron chi connectivity index (χ1n) is 6.28. The molecule has 1 fully saturated rings. The van der Waals surface area contributed by atoms with E-state index in [4.69, 9.17) is 0 Å². The van der Waals surface area contributed by atoms with Crippen molar-refractivity contribution in [3.05, 3.63) is 30.1 Å². The molecule has 0 atom stereocenters. The molecule has 17 heavy (non-hydrogen) atoms. The summed E-state index contributed by atoms with van der Waals surface area (Å²) in [6, 6.07) is 5.37. The lowest BCUT2D eigenvalue weighted by molar-refractivity contribution is 0.0947. The van der Waals surface area contributed by atoms with E-state index in [9.17, 15) is 4.79 Å². The first-order chi connectivity index (χ1) is 8.36. The number of carbonyl (C=O) groups excluding carboxylic acids is 1. The number of amides is 1. The fraction of sp³-hybridized carbons (Fsp3) is 0.538. The van der Waals surface area contributed by atoms with Gasteiger partial charge in [0.25, 0.3) is 5.91 Å². The molecule has 2 heterocycles. The Labute approximate surface area is 102 Å². The van der Waals surface area contributed by atoms with Crippen LogP contribution in [-0.2, 0) is 0 Å². The zero-order valence-electron chi connectivity index (χ0n) is 10.1. The lowest BCUT2D eigenvalue weighted by Gasteiger charge is -2.14. The molecule has 2 rings (SSSR count). The third-order valence-electron chi connectivity index (χ3n) is 3.03. The van der Waals surface area contributed by atoms with Gasteiger partial charge in [0.05, 0.1) is 0 Å². The second kappa shape index (κ2) is 6.35. The molecule has 4 nitrogen and oxygen atoms in total. The number of rotatable bonds is 5. The molecule has 1 aromatic rings. The Kier molecular flexibility index (Phi) is 4.50. The summed E-state index contributed by atoms with van der Waals surface area (Å²) in [4.78, 5) is 18.1. The van der Waals surface area contributed by atoms with Crippen molar-refractivity contribution in [1.29, 1.82) is 0 Å². The van der Waals surface area contributed by atoms with Crippen LogP contribution in [0.1, 0.15) is 29.8 Å². The minimum atomic E-state index is -0.0768. The van der Waals surface area contributed by atoms with Crippen molar-refractivity contribution in [2.75, 3.05) is 26.2 Å². The molecular formula is C13H19N3O. The Balaban J connectivity index is 1.63. The number of nitrogens with zero attached hydrogens (tertiary/aromatic N) is 2. The van der Waals surface area contributed by atoms with Crippen LogP contribution in [0.25, 0.3) is 0 Å². The van der Waals surface area contributed by atoms with Crippen LogP contribution in [0.3, 0.4) is 0 Å². The summed E-state index contributed by atoms with van der Waals surface area (Å²) in [6.45, 7) is 4.25. The quantitative estimate of drug-likeness (QED) is 0.780. The Hall–Kier alpha value is -1.42. The Morgan fingerprint density at radius 3 is 2.88 bits per heavy atom. The monoisotopic (exact) mass is 233 g/mol. The van der Waals surface area contributed by atoms with Gasteiger partial charge in [-0.05, 0) is 51.0 Å². The van der Waals surface area contributed by atoms with Crippen molar-refractivity contribution in [3.8, 4) is 0 Å². The zero-order chi connectivity index (χ0) is 11.9. The number of carbonyl (C=O) groups is 1. The van der Waals surface area contributed by atoms with Gasteiger partial charge >= 0.3 is 0 Å². The van der Waals surface area contributed by atoms with Gasteiger partial charge in [0.15, 0.2) is 0 Å². The van der Waals surface area contributed by atoms with Gasteiger partial charge in [0.2, 0.25) is 0 Å². The van der Waals surface area contributed by atoms with Gasteiger partial charge in [0.1, 0.15) is 5.69 Å². The fourth-order valence-electron chi connectivity index (χ4n) is 2.10. The highest BCUT2D eigenvalue weighted by Crippen LogP contribution is 2.06. The van der Waals surface area contributed by atoms with E-state index < -0.39 is 0 Å². The van der Waals surface area contributed by atoms with E-state index in [2.05, 4.69) is 15.2 Å². The molecule has 1 saturated heterocycles. The second-order valence-corrected chi connectivity index (χ2v) is 4.37. The Morgan fingerprint density at radius 2 is 2.18 bits per heavy atom. The SMILES string of the molecule is O=C(NCCCN1CCCC1)c1ccccn1. The largest absolute Gasteiger partial charge is 0.351 e. The molecule has 0 radical (unpaired) electrons. The van der Waals surface area contributed by atoms with Gasteiger partial charge < -0.3 is 10.2 Å². The maximum absolute atomic E-state index is 11.7. The van der Waals surface area contributed by atoms with E-state index in [1.165, 1.54) is 25.9 Å². The van der Waals surface area contributed by atoms with Crippen LogP contribution in [0, 0.1) is 0 Å². The fourth-order valence-corrected chi connectivity index (χ4v) is 2.10. The molecule has 0 unspecified atom stereocenters. The topological polar surface area (TPSA) is 45.2 Å². The van der Waals surface area contributed by atoms with E-state index in [0.717, 1.165) is 19.5 Å². The number of nitrogens with one attached hydrogen (secondary N) is 1. The summed E-state index contributed by atoms with van der Waals surface area (Å²) >= 11 is 0. The smallest absolute Gasteiger partial charge is 0.269 e. The van der Waals surface area contributed by atoms with Crippen LogP contribution in [0.4, 0.5) is 0 Å². The van der Waals surface area contributed by atoms with Crippen molar-refractivity contribution in [2.24, 2.45) is 0 Å². The lowest BCUT2D eigenvalue weighted by Crippen LogP contribution is -2.29. The molecule has 0 bridgehead atoms. The number of hydrogen-bond acceptors (Lipinski definition) is 3. The van der Waals surface area contributed by atoms with Crippen LogP contribution in [0.15, 0.2) is 24.4 Å². The Morgan fingerprint density at radius 1 is 1.35 bits per heavy atom.